The molecule has 27 heavy (non-hydrogen) atoms. The number of nitrogens with zero attached hydrogens (tertiary/aromatic N) is 4. The largest absolute Gasteiger partial charge is 0.356 e. The Morgan fingerprint density at radius 3 is 2.93 bits per heavy atom. The van der Waals surface area contributed by atoms with E-state index in [0.29, 0.717) is 0 Å². The Morgan fingerprint density at radius 2 is 2.11 bits per heavy atom. The first-order chi connectivity index (χ1) is 13.2. The van der Waals surface area contributed by atoms with E-state index in [-0.39, 0.29) is 6.04 Å². The van der Waals surface area contributed by atoms with Gasteiger partial charge >= 0.3 is 0 Å². The molecule has 2 N–H and O–H groups in total. The Balaban J connectivity index is 1.47. The molecule has 1 aromatic carbocycles. The zero-order valence-corrected chi connectivity index (χ0v) is 17.0. The van der Waals surface area contributed by atoms with E-state index < -0.39 is 0 Å². The molecule has 2 heterocycles. The summed E-state index contributed by atoms with van der Waals surface area (Å²) in [6.07, 6.45) is 6.71. The van der Waals surface area contributed by atoms with Crippen LogP contribution in [0.5, 0.6) is 0 Å². The highest BCUT2D eigenvalue weighted by atomic mass is 35.5. The first-order valence-corrected chi connectivity index (χ1v) is 10.2. The highest BCUT2D eigenvalue weighted by molar-refractivity contribution is 6.31. The van der Waals surface area contributed by atoms with Crippen molar-refractivity contribution in [2.75, 3.05) is 13.6 Å². The van der Waals surface area contributed by atoms with Gasteiger partial charge in [-0.05, 0) is 37.8 Å². The topological polar surface area (TPSA) is 67.1 Å². The van der Waals surface area contributed by atoms with Crippen molar-refractivity contribution in [1.82, 2.24) is 25.4 Å². The maximum absolute atomic E-state index is 6.28. The van der Waals surface area contributed by atoms with Gasteiger partial charge in [-0.3, -0.25) is 4.99 Å². The van der Waals surface area contributed by atoms with Gasteiger partial charge in [0, 0.05) is 38.0 Å². The van der Waals surface area contributed by atoms with Gasteiger partial charge in [0.05, 0.1) is 6.04 Å². The lowest BCUT2D eigenvalue weighted by atomic mass is 10.1. The molecule has 0 saturated heterocycles. The molecule has 0 aliphatic carbocycles. The summed E-state index contributed by atoms with van der Waals surface area (Å²) in [6.45, 7) is 3.97. The van der Waals surface area contributed by atoms with E-state index in [1.165, 1.54) is 19.3 Å². The van der Waals surface area contributed by atoms with Crippen molar-refractivity contribution in [1.29, 1.82) is 0 Å². The Kier molecular flexibility index (Phi) is 7.10. The van der Waals surface area contributed by atoms with Gasteiger partial charge in [0.2, 0.25) is 0 Å². The van der Waals surface area contributed by atoms with Crippen LogP contribution in [0.15, 0.2) is 29.3 Å². The number of hydrogen-bond acceptors (Lipinski definition) is 3. The van der Waals surface area contributed by atoms with Crippen LogP contribution in [-0.2, 0) is 19.4 Å². The number of benzene rings is 1. The van der Waals surface area contributed by atoms with Crippen LogP contribution in [0.25, 0.3) is 0 Å². The van der Waals surface area contributed by atoms with Crippen molar-refractivity contribution in [3.8, 4) is 0 Å². The number of rotatable bonds is 6. The molecule has 3 rings (SSSR count). The number of hydrogen-bond donors (Lipinski definition) is 2. The molecule has 0 amide bonds. The Bertz CT molecular complexity index is 770. The summed E-state index contributed by atoms with van der Waals surface area (Å²) >= 11 is 6.28. The third kappa shape index (κ3) is 5.22. The monoisotopic (exact) mass is 388 g/mol. The summed E-state index contributed by atoms with van der Waals surface area (Å²) in [6, 6.07) is 7.96. The normalized spacial score (nSPS) is 15.7. The maximum Gasteiger partial charge on any atom is 0.191 e. The van der Waals surface area contributed by atoms with Gasteiger partial charge in [-0.25, -0.2) is 0 Å². The Labute approximate surface area is 166 Å². The molecule has 0 fully saturated rings. The van der Waals surface area contributed by atoms with Crippen LogP contribution in [-0.4, -0.2) is 34.3 Å². The molecule has 0 saturated carbocycles. The number of aromatic nitrogens is 3. The van der Waals surface area contributed by atoms with Crippen LogP contribution in [0, 0.1) is 0 Å². The predicted octanol–water partition coefficient (Wildman–Crippen LogP) is 3.52. The zero-order valence-electron chi connectivity index (χ0n) is 16.2. The summed E-state index contributed by atoms with van der Waals surface area (Å²) in [5, 5.41) is 16.3. The first kappa shape index (κ1) is 19.7. The van der Waals surface area contributed by atoms with Gasteiger partial charge in [0.25, 0.3) is 0 Å². The van der Waals surface area contributed by atoms with Gasteiger partial charge in [-0.1, -0.05) is 36.2 Å². The van der Waals surface area contributed by atoms with E-state index in [2.05, 4.69) is 37.3 Å². The van der Waals surface area contributed by atoms with Crippen molar-refractivity contribution in [2.24, 2.45) is 4.99 Å². The molecule has 0 bridgehead atoms. The van der Waals surface area contributed by atoms with E-state index in [0.717, 1.165) is 60.5 Å². The van der Waals surface area contributed by atoms with E-state index in [9.17, 15) is 0 Å². The van der Waals surface area contributed by atoms with Crippen LogP contribution >= 0.6 is 11.6 Å². The smallest absolute Gasteiger partial charge is 0.191 e. The average Bonchev–Trinajstić information content (AvgIpc) is 2.90. The van der Waals surface area contributed by atoms with Crippen molar-refractivity contribution < 1.29 is 0 Å². The second-order valence-corrected chi connectivity index (χ2v) is 7.39. The molecule has 0 radical (unpaired) electrons. The molecule has 2 aromatic rings. The van der Waals surface area contributed by atoms with Gasteiger partial charge in [-0.2, -0.15) is 0 Å². The average molecular weight is 389 g/mol. The summed E-state index contributed by atoms with van der Waals surface area (Å²) in [4.78, 5) is 4.32. The molecule has 1 aliphatic rings. The minimum atomic E-state index is 0.0807. The van der Waals surface area contributed by atoms with Crippen molar-refractivity contribution in [2.45, 2.75) is 58.0 Å². The predicted molar refractivity (Wildman–Crippen MR) is 110 cm³/mol. The summed E-state index contributed by atoms with van der Waals surface area (Å²) in [7, 11) is 1.78. The fraction of sp³-hybridized carbons (Fsp3) is 0.550. The number of aryl methyl sites for hydroxylation is 2. The molecule has 7 heteroatoms. The van der Waals surface area contributed by atoms with Gasteiger partial charge in [0.15, 0.2) is 5.96 Å². The van der Waals surface area contributed by atoms with Crippen molar-refractivity contribution in [3.63, 3.8) is 0 Å². The van der Waals surface area contributed by atoms with Crippen molar-refractivity contribution >= 4 is 17.6 Å². The quantitative estimate of drug-likeness (QED) is 0.451. The van der Waals surface area contributed by atoms with E-state index in [1.807, 2.05) is 24.3 Å². The SMILES string of the molecule is CN=C(NCCCc1nnc2n1CCCCC2)NC(C)c1ccccc1Cl. The molecular weight excluding hydrogens is 360 g/mol. The highest BCUT2D eigenvalue weighted by Gasteiger charge is 2.14. The maximum atomic E-state index is 6.28. The van der Waals surface area contributed by atoms with Crippen LogP contribution in [0.3, 0.4) is 0 Å². The molecule has 6 nitrogen and oxygen atoms in total. The standard InChI is InChI=1S/C20H29ClN6/c1-15(16-9-5-6-10-17(16)21)24-20(22-2)23-13-8-12-19-26-25-18-11-4-3-7-14-27(18)19/h5-6,9-10,15H,3-4,7-8,11-14H2,1-2H3,(H2,22,23,24). The summed E-state index contributed by atoms with van der Waals surface area (Å²) in [5.74, 6) is 3.05. The van der Waals surface area contributed by atoms with E-state index in [4.69, 9.17) is 11.6 Å². The van der Waals surface area contributed by atoms with Crippen LogP contribution in [0.2, 0.25) is 5.02 Å². The molecule has 1 atom stereocenters. The third-order valence-electron chi connectivity index (χ3n) is 5.00. The Hall–Kier alpha value is -2.08. The summed E-state index contributed by atoms with van der Waals surface area (Å²) < 4.78 is 2.32. The van der Waals surface area contributed by atoms with Crippen LogP contribution in [0.1, 0.15) is 55.9 Å². The summed E-state index contributed by atoms with van der Waals surface area (Å²) in [5.41, 5.74) is 1.06. The first-order valence-electron chi connectivity index (χ1n) is 9.81. The van der Waals surface area contributed by atoms with Crippen LogP contribution in [0.4, 0.5) is 0 Å². The molecule has 1 aliphatic heterocycles. The lowest BCUT2D eigenvalue weighted by Crippen LogP contribution is -2.39. The molecular formula is C20H29ClN6. The lowest BCUT2D eigenvalue weighted by Gasteiger charge is -2.19. The van der Waals surface area contributed by atoms with Gasteiger partial charge in [0.1, 0.15) is 11.6 Å². The number of guanidine groups is 1. The second-order valence-electron chi connectivity index (χ2n) is 6.98. The van der Waals surface area contributed by atoms with E-state index >= 15 is 0 Å². The fourth-order valence-electron chi connectivity index (χ4n) is 3.49. The number of halogens is 1. The molecule has 146 valence electrons. The zero-order chi connectivity index (χ0) is 19.1. The van der Waals surface area contributed by atoms with E-state index in [1.54, 1.807) is 7.05 Å². The Morgan fingerprint density at radius 1 is 1.26 bits per heavy atom. The fourth-order valence-corrected chi connectivity index (χ4v) is 3.79. The van der Waals surface area contributed by atoms with Gasteiger partial charge < -0.3 is 15.2 Å². The lowest BCUT2D eigenvalue weighted by molar-refractivity contribution is 0.592. The van der Waals surface area contributed by atoms with Crippen molar-refractivity contribution in [3.05, 3.63) is 46.5 Å². The minimum Gasteiger partial charge on any atom is -0.356 e. The second kappa shape index (κ2) is 9.74. The van der Waals surface area contributed by atoms with Crippen LogP contribution < -0.4 is 10.6 Å². The highest BCUT2D eigenvalue weighted by Crippen LogP contribution is 2.22. The minimum absolute atomic E-state index is 0.0807. The molecule has 1 unspecified atom stereocenters. The number of fused-ring (bicyclic) bond motifs is 1. The van der Waals surface area contributed by atoms with Gasteiger partial charge in [-0.15, -0.1) is 10.2 Å². The number of aliphatic imine (C=N–C) groups is 1. The molecule has 1 aromatic heterocycles. The molecule has 0 spiro atoms. The third-order valence-corrected chi connectivity index (χ3v) is 5.35. The number of nitrogens with one attached hydrogen (secondary N) is 2.